The summed E-state index contributed by atoms with van der Waals surface area (Å²) in [4.78, 5) is 11.1. The average Bonchev–Trinajstić information content (AvgIpc) is 2.65. The van der Waals surface area contributed by atoms with Crippen molar-refractivity contribution >= 4 is 28.3 Å². The molecule has 2 aromatic rings. The Labute approximate surface area is 114 Å². The highest BCUT2D eigenvalue weighted by Crippen LogP contribution is 2.12. The maximum absolute atomic E-state index is 5.72. The van der Waals surface area contributed by atoms with Crippen molar-refractivity contribution in [2.45, 2.75) is 20.3 Å². The Bertz CT molecular complexity index is 649. The maximum Gasteiger partial charge on any atom is 0.163 e. The number of halogens is 1. The number of nitrogens with zero attached hydrogens (tertiary/aromatic N) is 2. The van der Waals surface area contributed by atoms with E-state index in [0.29, 0.717) is 5.75 Å². The van der Waals surface area contributed by atoms with E-state index in [4.69, 9.17) is 4.74 Å². The van der Waals surface area contributed by atoms with Crippen LogP contribution in [0.1, 0.15) is 19.5 Å². The molecular weight excluding hydrogens is 294 g/mol. The number of hydrogen-bond donors (Lipinski definition) is 1. The molecule has 0 fully saturated rings. The molecule has 0 aliphatic carbocycles. The topological polar surface area (TPSA) is 50.8 Å². The van der Waals surface area contributed by atoms with E-state index in [1.54, 1.807) is 12.4 Å². The number of aryl methyl sites for hydroxylation is 1. The second-order valence-electron chi connectivity index (χ2n) is 3.86. The number of hydrogen-bond acceptors (Lipinski definition) is 3. The minimum absolute atomic E-state index is 0.612. The predicted octanol–water partition coefficient (Wildman–Crippen LogP) is 1.75. The molecule has 0 radical (unpaired) electrons. The first-order valence-corrected chi connectivity index (χ1v) is 6.41. The van der Waals surface area contributed by atoms with Crippen molar-refractivity contribution in [1.29, 1.82) is 0 Å². The third-order valence-electron chi connectivity index (χ3n) is 2.60. The summed E-state index contributed by atoms with van der Waals surface area (Å²) in [5.74, 6) is 1.37. The van der Waals surface area contributed by atoms with Gasteiger partial charge in [-0.2, -0.15) is 0 Å². The number of rotatable bonds is 3. The molecule has 0 aliphatic rings. The molecule has 0 aliphatic heterocycles. The Morgan fingerprint density at radius 3 is 2.67 bits per heavy atom. The van der Waals surface area contributed by atoms with Crippen LogP contribution >= 0.6 is 15.9 Å². The van der Waals surface area contributed by atoms with Crippen molar-refractivity contribution in [3.63, 3.8) is 0 Å². The molecule has 2 heterocycles. The van der Waals surface area contributed by atoms with E-state index in [2.05, 4.69) is 44.4 Å². The molecule has 0 aromatic carbocycles. The van der Waals surface area contributed by atoms with E-state index < -0.39 is 0 Å². The summed E-state index contributed by atoms with van der Waals surface area (Å²) < 4.78 is 6.73. The van der Waals surface area contributed by atoms with Gasteiger partial charge in [0.15, 0.2) is 5.75 Å². The molecule has 0 saturated carbocycles. The zero-order valence-corrected chi connectivity index (χ0v) is 11.9. The van der Waals surface area contributed by atoms with E-state index in [1.165, 1.54) is 6.33 Å². The molecule has 18 heavy (non-hydrogen) atoms. The van der Waals surface area contributed by atoms with Gasteiger partial charge in [0.25, 0.3) is 0 Å². The van der Waals surface area contributed by atoms with Gasteiger partial charge in [-0.25, -0.2) is 9.97 Å². The molecule has 0 unspecified atom stereocenters. The second kappa shape index (κ2) is 5.35. The molecule has 5 heteroatoms. The lowest BCUT2D eigenvalue weighted by Crippen LogP contribution is -2.25. The normalized spacial score (nSPS) is 12.4. The number of aromatic nitrogens is 3. The smallest absolute Gasteiger partial charge is 0.163 e. The van der Waals surface area contributed by atoms with Crippen molar-refractivity contribution in [2.24, 2.45) is 0 Å². The highest BCUT2D eigenvalue weighted by atomic mass is 79.9. The monoisotopic (exact) mass is 307 g/mol. The van der Waals surface area contributed by atoms with Gasteiger partial charge in [0.1, 0.15) is 12.1 Å². The van der Waals surface area contributed by atoms with Crippen LogP contribution in [0.25, 0.3) is 12.3 Å². The minimum atomic E-state index is 0.612. The number of aromatic amines is 1. The van der Waals surface area contributed by atoms with Gasteiger partial charge in [0, 0.05) is 15.5 Å². The van der Waals surface area contributed by atoms with E-state index in [0.717, 1.165) is 32.9 Å². The van der Waals surface area contributed by atoms with Gasteiger partial charge in [-0.05, 0) is 29.3 Å². The maximum atomic E-state index is 5.72. The van der Waals surface area contributed by atoms with Crippen molar-refractivity contribution in [2.75, 3.05) is 0 Å². The van der Waals surface area contributed by atoms with Crippen LogP contribution in [0.2, 0.25) is 0 Å². The molecule has 2 aromatic heterocycles. The lowest BCUT2D eigenvalue weighted by atomic mass is 10.3. The Morgan fingerprint density at radius 1 is 1.44 bits per heavy atom. The summed E-state index contributed by atoms with van der Waals surface area (Å²) in [5, 5.41) is 1.80. The molecule has 94 valence electrons. The van der Waals surface area contributed by atoms with Crippen LogP contribution in [0, 0.1) is 0 Å². The van der Waals surface area contributed by atoms with Crippen LogP contribution in [0.5, 0.6) is 5.75 Å². The third-order valence-corrected chi connectivity index (χ3v) is 3.48. The lowest BCUT2D eigenvalue weighted by Gasteiger charge is -2.03. The van der Waals surface area contributed by atoms with E-state index >= 15 is 0 Å². The second-order valence-corrected chi connectivity index (χ2v) is 4.65. The van der Waals surface area contributed by atoms with E-state index in [9.17, 15) is 0 Å². The van der Waals surface area contributed by atoms with Gasteiger partial charge in [-0.15, -0.1) is 0 Å². The highest BCUT2D eigenvalue weighted by molar-refractivity contribution is 9.10. The molecule has 0 bridgehead atoms. The van der Waals surface area contributed by atoms with Crippen LogP contribution in [-0.2, 0) is 6.42 Å². The quantitative estimate of drug-likeness (QED) is 0.940. The minimum Gasteiger partial charge on any atom is -0.458 e. The SMILES string of the molecule is C=c1[nH]c(CC)c(Br)/c1=C(/C)Oc1cncnc1. The van der Waals surface area contributed by atoms with Crippen molar-refractivity contribution in [3.8, 4) is 5.75 Å². The first-order chi connectivity index (χ1) is 8.63. The summed E-state index contributed by atoms with van der Waals surface area (Å²) in [6, 6.07) is 0. The van der Waals surface area contributed by atoms with E-state index in [1.807, 2.05) is 6.92 Å². The van der Waals surface area contributed by atoms with Crippen molar-refractivity contribution in [1.82, 2.24) is 15.0 Å². The van der Waals surface area contributed by atoms with Crippen LogP contribution in [0.15, 0.2) is 23.2 Å². The summed E-state index contributed by atoms with van der Waals surface area (Å²) in [7, 11) is 0. The Hall–Kier alpha value is -1.62. The van der Waals surface area contributed by atoms with Crippen LogP contribution in [0.3, 0.4) is 0 Å². The molecule has 0 amide bonds. The van der Waals surface area contributed by atoms with Crippen molar-refractivity contribution in [3.05, 3.63) is 39.5 Å². The first kappa shape index (κ1) is 12.8. The van der Waals surface area contributed by atoms with E-state index in [-0.39, 0.29) is 0 Å². The van der Waals surface area contributed by atoms with Crippen LogP contribution in [-0.4, -0.2) is 15.0 Å². The largest absolute Gasteiger partial charge is 0.458 e. The zero-order valence-electron chi connectivity index (χ0n) is 10.3. The van der Waals surface area contributed by atoms with Crippen molar-refractivity contribution < 1.29 is 4.74 Å². The molecule has 0 spiro atoms. The summed E-state index contributed by atoms with van der Waals surface area (Å²) >= 11 is 3.57. The van der Waals surface area contributed by atoms with Gasteiger partial charge >= 0.3 is 0 Å². The third kappa shape index (κ3) is 2.46. The summed E-state index contributed by atoms with van der Waals surface area (Å²) in [5.41, 5.74) is 1.11. The Morgan fingerprint density at radius 2 is 2.11 bits per heavy atom. The Balaban J connectivity index is 2.48. The fraction of sp³-hybridized carbons (Fsp3) is 0.231. The highest BCUT2D eigenvalue weighted by Gasteiger charge is 2.07. The van der Waals surface area contributed by atoms with Crippen LogP contribution < -0.4 is 15.3 Å². The Kier molecular flexibility index (Phi) is 3.81. The standard InChI is InChI=1S/C13H14BrN3O/c1-4-11-13(14)12(8(2)17-11)9(3)18-10-5-15-7-16-6-10/h5-7,17H,2,4H2,1,3H3/b12-9-. The molecule has 0 saturated heterocycles. The summed E-state index contributed by atoms with van der Waals surface area (Å²) in [6.45, 7) is 7.98. The first-order valence-electron chi connectivity index (χ1n) is 5.62. The molecule has 0 atom stereocenters. The molecule has 1 N–H and O–H groups in total. The number of ether oxygens (including phenoxy) is 1. The van der Waals surface area contributed by atoms with Gasteiger partial charge < -0.3 is 9.72 Å². The van der Waals surface area contributed by atoms with Gasteiger partial charge in [0.2, 0.25) is 0 Å². The van der Waals surface area contributed by atoms with Crippen LogP contribution in [0.4, 0.5) is 0 Å². The molecule has 2 rings (SSSR count). The van der Waals surface area contributed by atoms with Gasteiger partial charge in [0.05, 0.1) is 17.6 Å². The lowest BCUT2D eigenvalue weighted by molar-refractivity contribution is 0.497. The molecule has 4 nitrogen and oxygen atoms in total. The fourth-order valence-corrected chi connectivity index (χ4v) is 2.66. The zero-order chi connectivity index (χ0) is 13.1. The van der Waals surface area contributed by atoms with Gasteiger partial charge in [-0.3, -0.25) is 0 Å². The fourth-order valence-electron chi connectivity index (χ4n) is 1.76. The van der Waals surface area contributed by atoms with Gasteiger partial charge in [-0.1, -0.05) is 13.5 Å². The predicted molar refractivity (Wildman–Crippen MR) is 74.4 cm³/mol. The number of nitrogens with one attached hydrogen (secondary N) is 1. The summed E-state index contributed by atoms with van der Waals surface area (Å²) in [6.07, 6.45) is 5.63. The number of H-pyrrole nitrogens is 1. The molecular formula is C13H14BrN3O. The average molecular weight is 308 g/mol.